The summed E-state index contributed by atoms with van der Waals surface area (Å²) in [5, 5.41) is 21.4. The number of aromatic hydroxyl groups is 1. The summed E-state index contributed by atoms with van der Waals surface area (Å²) in [5.74, 6) is -0.888. The first-order chi connectivity index (χ1) is 16.3. The number of aliphatic hydroxyl groups is 1. The highest BCUT2D eigenvalue weighted by Gasteiger charge is 2.46. The molecule has 8 heteroatoms. The first-order valence-corrected chi connectivity index (χ1v) is 11.3. The van der Waals surface area contributed by atoms with E-state index < -0.39 is 17.7 Å². The number of ether oxygens (including phenoxy) is 2. The number of carbonyl (C=O) groups is 2. The van der Waals surface area contributed by atoms with Gasteiger partial charge >= 0.3 is 0 Å². The van der Waals surface area contributed by atoms with E-state index in [1.54, 1.807) is 44.4 Å². The third kappa shape index (κ3) is 4.72. The van der Waals surface area contributed by atoms with E-state index in [4.69, 9.17) is 9.47 Å². The molecule has 1 fully saturated rings. The van der Waals surface area contributed by atoms with Crippen LogP contribution in [0, 0.1) is 6.92 Å². The van der Waals surface area contributed by atoms with Crippen LogP contribution < -0.4 is 9.47 Å². The highest BCUT2D eigenvalue weighted by atomic mass is 16.5. The quantitative estimate of drug-likeness (QED) is 0.330. The van der Waals surface area contributed by atoms with Crippen LogP contribution in [0.3, 0.4) is 0 Å². The molecule has 3 rings (SSSR count). The maximum absolute atomic E-state index is 13.2. The van der Waals surface area contributed by atoms with Gasteiger partial charge in [0.2, 0.25) is 0 Å². The van der Waals surface area contributed by atoms with Gasteiger partial charge in [-0.25, -0.2) is 0 Å². The monoisotopic (exact) mass is 468 g/mol. The lowest BCUT2D eigenvalue weighted by molar-refractivity contribution is -0.140. The number of methoxy groups -OCH3 is 2. The number of benzene rings is 2. The van der Waals surface area contributed by atoms with Gasteiger partial charge in [-0.3, -0.25) is 9.59 Å². The molecule has 182 valence electrons. The fourth-order valence-corrected chi connectivity index (χ4v) is 4.28. The summed E-state index contributed by atoms with van der Waals surface area (Å²) in [6.45, 7) is 8.36. The number of likely N-dealkylation sites (N-methyl/N-ethyl adjacent to an activating group) is 1. The Labute approximate surface area is 200 Å². The number of ketones is 1. The molecule has 0 radical (unpaired) electrons. The summed E-state index contributed by atoms with van der Waals surface area (Å²) < 4.78 is 10.5. The molecule has 0 saturated carbocycles. The number of amides is 1. The van der Waals surface area contributed by atoms with E-state index in [1.165, 1.54) is 18.1 Å². The lowest BCUT2D eigenvalue weighted by Gasteiger charge is -2.28. The zero-order valence-electron chi connectivity index (χ0n) is 20.3. The predicted octanol–water partition coefficient (Wildman–Crippen LogP) is 3.48. The van der Waals surface area contributed by atoms with Crippen molar-refractivity contribution in [1.82, 2.24) is 9.80 Å². The summed E-state index contributed by atoms with van der Waals surface area (Å²) in [5.41, 5.74) is 1.71. The predicted molar refractivity (Wildman–Crippen MR) is 129 cm³/mol. The SMILES string of the molecule is CCN(CC)CCN1C(=O)C(=O)/C(=C(/O)c2ccc(OC)cc2C)C1c1ccc(O)c(OC)c1. The Balaban J connectivity index is 2.17. The average Bonchev–Trinajstić information content (AvgIpc) is 3.09. The number of likely N-dealkylation sites (tertiary alicyclic amines) is 1. The van der Waals surface area contributed by atoms with E-state index in [0.29, 0.717) is 35.5 Å². The molecule has 1 heterocycles. The van der Waals surface area contributed by atoms with Crippen molar-refractivity contribution in [3.63, 3.8) is 0 Å². The van der Waals surface area contributed by atoms with Gasteiger partial charge in [0.1, 0.15) is 11.5 Å². The number of aryl methyl sites for hydroxylation is 1. The van der Waals surface area contributed by atoms with Crippen LogP contribution in [0.1, 0.15) is 36.6 Å². The third-order valence-corrected chi connectivity index (χ3v) is 6.30. The van der Waals surface area contributed by atoms with Crippen molar-refractivity contribution in [2.45, 2.75) is 26.8 Å². The average molecular weight is 469 g/mol. The third-order valence-electron chi connectivity index (χ3n) is 6.30. The van der Waals surface area contributed by atoms with E-state index >= 15 is 0 Å². The summed E-state index contributed by atoms with van der Waals surface area (Å²) in [7, 11) is 2.98. The molecule has 1 aliphatic rings. The minimum atomic E-state index is -0.827. The molecule has 2 N–H and O–H groups in total. The summed E-state index contributed by atoms with van der Waals surface area (Å²) >= 11 is 0. The molecule has 1 amide bonds. The number of hydrogen-bond acceptors (Lipinski definition) is 7. The smallest absolute Gasteiger partial charge is 0.295 e. The molecule has 1 unspecified atom stereocenters. The Kier molecular flexibility index (Phi) is 7.83. The van der Waals surface area contributed by atoms with Gasteiger partial charge in [0.25, 0.3) is 11.7 Å². The number of nitrogens with zero attached hydrogens (tertiary/aromatic N) is 2. The Morgan fingerprint density at radius 3 is 2.35 bits per heavy atom. The van der Waals surface area contributed by atoms with Crippen LogP contribution in [0.25, 0.3) is 5.76 Å². The lowest BCUT2D eigenvalue weighted by atomic mass is 9.93. The fourth-order valence-electron chi connectivity index (χ4n) is 4.28. The van der Waals surface area contributed by atoms with Crippen LogP contribution in [-0.4, -0.2) is 72.1 Å². The number of aliphatic hydroxyl groups excluding tert-OH is 1. The second-order valence-corrected chi connectivity index (χ2v) is 8.13. The van der Waals surface area contributed by atoms with Crippen molar-refractivity contribution >= 4 is 17.4 Å². The zero-order chi connectivity index (χ0) is 25.0. The Morgan fingerprint density at radius 2 is 1.76 bits per heavy atom. The van der Waals surface area contributed by atoms with Crippen LogP contribution in [0.2, 0.25) is 0 Å². The van der Waals surface area contributed by atoms with Gasteiger partial charge < -0.3 is 29.5 Å². The Bertz CT molecular complexity index is 1110. The first-order valence-electron chi connectivity index (χ1n) is 11.3. The van der Waals surface area contributed by atoms with Crippen LogP contribution in [0.5, 0.6) is 17.2 Å². The van der Waals surface area contributed by atoms with Gasteiger partial charge in [-0.05, 0) is 61.5 Å². The number of rotatable bonds is 9. The maximum atomic E-state index is 13.2. The second-order valence-electron chi connectivity index (χ2n) is 8.13. The van der Waals surface area contributed by atoms with Crippen LogP contribution in [0.4, 0.5) is 0 Å². The molecular formula is C26H32N2O6. The van der Waals surface area contributed by atoms with Gasteiger partial charge in [-0.2, -0.15) is 0 Å². The molecule has 0 aliphatic carbocycles. The molecule has 0 spiro atoms. The van der Waals surface area contributed by atoms with Crippen LogP contribution >= 0.6 is 0 Å². The lowest BCUT2D eigenvalue weighted by Crippen LogP contribution is -2.38. The molecule has 34 heavy (non-hydrogen) atoms. The molecule has 2 aromatic rings. The molecule has 0 bridgehead atoms. The van der Waals surface area contributed by atoms with Crippen molar-refractivity contribution in [2.75, 3.05) is 40.4 Å². The Hall–Kier alpha value is -3.52. The van der Waals surface area contributed by atoms with E-state index in [-0.39, 0.29) is 22.8 Å². The first kappa shape index (κ1) is 25.1. The van der Waals surface area contributed by atoms with Gasteiger partial charge in [0.05, 0.1) is 25.8 Å². The van der Waals surface area contributed by atoms with Gasteiger partial charge in [-0.15, -0.1) is 0 Å². The molecular weight excluding hydrogens is 436 g/mol. The van der Waals surface area contributed by atoms with E-state index in [0.717, 1.165) is 13.1 Å². The highest BCUT2D eigenvalue weighted by Crippen LogP contribution is 2.42. The molecule has 8 nitrogen and oxygen atoms in total. The minimum Gasteiger partial charge on any atom is -0.507 e. The standard InChI is InChI=1S/C26H32N2O6/c1-6-27(7-2)12-13-28-23(17-8-11-20(29)21(15-17)34-5)22(25(31)26(28)32)24(30)19-10-9-18(33-4)14-16(19)3/h8-11,14-15,23,29-30H,6-7,12-13H2,1-5H3/b24-22+. The largest absolute Gasteiger partial charge is 0.507 e. The number of hydrogen-bond donors (Lipinski definition) is 2. The van der Waals surface area contributed by atoms with Crippen molar-refractivity contribution in [3.8, 4) is 17.2 Å². The number of carbonyl (C=O) groups excluding carboxylic acids is 2. The highest BCUT2D eigenvalue weighted by molar-refractivity contribution is 6.46. The van der Waals surface area contributed by atoms with Crippen LogP contribution in [0.15, 0.2) is 42.0 Å². The van der Waals surface area contributed by atoms with E-state index in [9.17, 15) is 19.8 Å². The van der Waals surface area contributed by atoms with Crippen LogP contribution in [-0.2, 0) is 9.59 Å². The molecule has 1 saturated heterocycles. The maximum Gasteiger partial charge on any atom is 0.295 e. The normalized spacial score (nSPS) is 17.5. The fraction of sp³-hybridized carbons (Fsp3) is 0.385. The van der Waals surface area contributed by atoms with Gasteiger partial charge in [0.15, 0.2) is 11.5 Å². The number of phenolic OH excluding ortho intramolecular Hbond substituents is 1. The molecule has 1 aliphatic heterocycles. The van der Waals surface area contributed by atoms with Gasteiger partial charge in [0, 0.05) is 18.7 Å². The molecule has 0 aromatic heterocycles. The minimum absolute atomic E-state index is 0.00515. The Morgan fingerprint density at radius 1 is 1.06 bits per heavy atom. The van der Waals surface area contributed by atoms with Gasteiger partial charge in [-0.1, -0.05) is 19.9 Å². The number of Topliss-reactive ketones (excluding diaryl/α,β-unsaturated/α-hetero) is 1. The number of phenols is 1. The summed E-state index contributed by atoms with van der Waals surface area (Å²) in [6, 6.07) is 8.96. The summed E-state index contributed by atoms with van der Waals surface area (Å²) in [6.07, 6.45) is 0. The van der Waals surface area contributed by atoms with E-state index in [2.05, 4.69) is 4.90 Å². The molecule has 1 atom stereocenters. The zero-order valence-corrected chi connectivity index (χ0v) is 20.3. The van der Waals surface area contributed by atoms with Crippen molar-refractivity contribution in [1.29, 1.82) is 0 Å². The van der Waals surface area contributed by atoms with Crippen molar-refractivity contribution in [3.05, 3.63) is 58.7 Å². The van der Waals surface area contributed by atoms with Crippen molar-refractivity contribution < 1.29 is 29.3 Å². The van der Waals surface area contributed by atoms with Crippen molar-refractivity contribution in [2.24, 2.45) is 0 Å². The van der Waals surface area contributed by atoms with E-state index in [1.807, 2.05) is 13.8 Å². The molecule has 2 aromatic carbocycles. The second kappa shape index (κ2) is 10.6. The topological polar surface area (TPSA) is 99.5 Å². The summed E-state index contributed by atoms with van der Waals surface area (Å²) in [4.78, 5) is 30.0.